The van der Waals surface area contributed by atoms with E-state index < -0.39 is 5.92 Å². The van der Waals surface area contributed by atoms with Crippen LogP contribution in [-0.2, 0) is 17.6 Å². The number of aromatic nitrogens is 3. The number of Topliss-reactive ketones (excluding diaryl/α,β-unsaturated/α-hetero) is 1. The van der Waals surface area contributed by atoms with Crippen LogP contribution in [0.3, 0.4) is 0 Å². The third-order valence-corrected chi connectivity index (χ3v) is 7.45. The van der Waals surface area contributed by atoms with Crippen molar-refractivity contribution in [3.63, 3.8) is 0 Å². The maximum absolute atomic E-state index is 13.5. The van der Waals surface area contributed by atoms with E-state index in [0.717, 1.165) is 28.1 Å². The molecule has 1 aromatic carbocycles. The molecule has 5 rings (SSSR count). The summed E-state index contributed by atoms with van der Waals surface area (Å²) in [5, 5.41) is 12.0. The van der Waals surface area contributed by atoms with Crippen LogP contribution in [0.5, 0.6) is 0 Å². The molecule has 9 nitrogen and oxygen atoms in total. The number of carbonyl (C=O) groups is 3. The van der Waals surface area contributed by atoms with Gasteiger partial charge in [0.25, 0.3) is 5.91 Å². The van der Waals surface area contributed by atoms with Crippen LogP contribution in [-0.4, -0.2) is 62.8 Å². The summed E-state index contributed by atoms with van der Waals surface area (Å²) in [6.45, 7) is 0.0879. The van der Waals surface area contributed by atoms with Gasteiger partial charge in [-0.25, -0.2) is 4.98 Å². The normalized spacial score (nSPS) is 14.7. The molecule has 1 unspecified atom stereocenters. The van der Waals surface area contributed by atoms with Gasteiger partial charge in [-0.05, 0) is 23.3 Å². The zero-order valence-corrected chi connectivity index (χ0v) is 21.6. The molecule has 1 atom stereocenters. The molecule has 0 saturated heterocycles. The lowest BCUT2D eigenvalue weighted by Gasteiger charge is -2.26. The molecule has 0 spiro atoms. The van der Waals surface area contributed by atoms with Gasteiger partial charge in [-0.2, -0.15) is 0 Å². The van der Waals surface area contributed by atoms with Gasteiger partial charge in [0, 0.05) is 55.9 Å². The number of amides is 2. The number of H-pyrrole nitrogens is 1. The lowest BCUT2D eigenvalue weighted by atomic mass is 9.83. The third kappa shape index (κ3) is 5.27. The summed E-state index contributed by atoms with van der Waals surface area (Å²) in [4.78, 5) is 52.6. The highest BCUT2D eigenvalue weighted by Crippen LogP contribution is 2.37. The number of hydrogen-bond donors (Lipinski definition) is 3. The van der Waals surface area contributed by atoms with Crippen molar-refractivity contribution in [2.45, 2.75) is 19.3 Å². The smallest absolute Gasteiger partial charge is 0.268 e. The van der Waals surface area contributed by atoms with Gasteiger partial charge in [-0.3, -0.25) is 19.4 Å². The molecule has 1 aliphatic carbocycles. The lowest BCUT2D eigenvalue weighted by molar-refractivity contribution is -0.134. The van der Waals surface area contributed by atoms with Gasteiger partial charge in [0.1, 0.15) is 10.7 Å². The number of rotatable bonds is 8. The maximum Gasteiger partial charge on any atom is 0.268 e. The van der Waals surface area contributed by atoms with Crippen molar-refractivity contribution in [3.05, 3.63) is 87.6 Å². The van der Waals surface area contributed by atoms with Gasteiger partial charge in [0.15, 0.2) is 5.78 Å². The number of benzene rings is 1. The number of anilines is 1. The van der Waals surface area contributed by atoms with E-state index in [4.69, 9.17) is 0 Å². The number of carbonyl (C=O) groups excluding carboxylic acids is 3. The summed E-state index contributed by atoms with van der Waals surface area (Å²) in [5.41, 5.74) is 6.39. The zero-order chi connectivity index (χ0) is 26.6. The van der Waals surface area contributed by atoms with E-state index >= 15 is 0 Å². The Morgan fingerprint density at radius 2 is 2.03 bits per heavy atom. The van der Waals surface area contributed by atoms with Gasteiger partial charge in [-0.1, -0.05) is 30.3 Å². The van der Waals surface area contributed by atoms with Crippen LogP contribution in [0.1, 0.15) is 43.3 Å². The van der Waals surface area contributed by atoms with Crippen molar-refractivity contribution >= 4 is 34.8 Å². The summed E-state index contributed by atoms with van der Waals surface area (Å²) in [7, 11) is 1.64. The largest absolute Gasteiger partial charge is 0.395 e. The quantitative estimate of drug-likeness (QED) is 0.320. The molecule has 2 amide bonds. The molecule has 1 aliphatic rings. The standard InChI is InChI=1S/C28H27N5O4S/c1-33(9-10-34)28(37)19-12-21-25(22(35)13-19)20(11-17-5-3-2-4-6-17)26(31-21)18-7-8-30-24(14-18)32-27(36)23-15-29-16-38-23/h2-8,14-16,19,31,34H,9-13H2,1H3,(H,30,32,36). The highest BCUT2D eigenvalue weighted by Gasteiger charge is 2.35. The van der Waals surface area contributed by atoms with E-state index in [1.54, 1.807) is 24.8 Å². The SMILES string of the molecule is CN(CCO)C(=O)C1CC(=O)c2c([nH]c(-c3ccnc(NC(=O)c4cncs4)c3)c2Cc2ccccc2)C1. The van der Waals surface area contributed by atoms with Crippen LogP contribution in [0, 0.1) is 5.92 Å². The number of fused-ring (bicyclic) bond motifs is 1. The second kappa shape index (κ2) is 11.1. The van der Waals surface area contributed by atoms with E-state index in [9.17, 15) is 19.5 Å². The number of likely N-dealkylation sites (N-methyl/N-ethyl adjacent to an activating group) is 1. The fraction of sp³-hybridized carbons (Fsp3) is 0.250. The molecule has 38 heavy (non-hydrogen) atoms. The number of aliphatic hydroxyl groups excluding tert-OH is 1. The second-order valence-corrected chi connectivity index (χ2v) is 10.1. The fourth-order valence-corrected chi connectivity index (χ4v) is 5.38. The van der Waals surface area contributed by atoms with E-state index in [2.05, 4.69) is 20.3 Å². The average Bonchev–Trinajstić information content (AvgIpc) is 3.58. The van der Waals surface area contributed by atoms with Gasteiger partial charge >= 0.3 is 0 Å². The molecule has 0 bridgehead atoms. The highest BCUT2D eigenvalue weighted by atomic mass is 32.1. The Kier molecular flexibility index (Phi) is 7.43. The Bertz CT molecular complexity index is 1470. The van der Waals surface area contributed by atoms with Crippen molar-refractivity contribution in [2.75, 3.05) is 25.5 Å². The van der Waals surface area contributed by atoms with E-state index in [1.165, 1.54) is 22.4 Å². The molecule has 3 aromatic heterocycles. The third-order valence-electron chi connectivity index (χ3n) is 6.67. The molecule has 0 radical (unpaired) electrons. The molecule has 0 fully saturated rings. The maximum atomic E-state index is 13.5. The van der Waals surface area contributed by atoms with E-state index in [0.29, 0.717) is 29.1 Å². The number of nitrogens with one attached hydrogen (secondary N) is 2. The minimum absolute atomic E-state index is 0.0804. The monoisotopic (exact) mass is 529 g/mol. The van der Waals surface area contributed by atoms with Crippen LogP contribution in [0.2, 0.25) is 0 Å². The first-order chi connectivity index (χ1) is 18.4. The topological polar surface area (TPSA) is 128 Å². The minimum Gasteiger partial charge on any atom is -0.395 e. The fourth-order valence-electron chi connectivity index (χ4n) is 4.86. The first-order valence-electron chi connectivity index (χ1n) is 12.3. The zero-order valence-electron chi connectivity index (χ0n) is 20.8. The highest BCUT2D eigenvalue weighted by molar-refractivity contribution is 7.11. The van der Waals surface area contributed by atoms with Gasteiger partial charge in [-0.15, -0.1) is 11.3 Å². The summed E-state index contributed by atoms with van der Waals surface area (Å²) in [6.07, 6.45) is 4.16. The lowest BCUT2D eigenvalue weighted by Crippen LogP contribution is -2.38. The summed E-state index contributed by atoms with van der Waals surface area (Å²) < 4.78 is 0. The molecule has 194 valence electrons. The van der Waals surface area contributed by atoms with Crippen molar-refractivity contribution in [2.24, 2.45) is 5.92 Å². The average molecular weight is 530 g/mol. The minimum atomic E-state index is -0.491. The van der Waals surface area contributed by atoms with Crippen molar-refractivity contribution in [1.82, 2.24) is 19.9 Å². The first-order valence-corrected chi connectivity index (χ1v) is 13.2. The molecule has 4 aromatic rings. The van der Waals surface area contributed by atoms with Crippen molar-refractivity contribution in [1.29, 1.82) is 0 Å². The first kappa shape index (κ1) is 25.5. The van der Waals surface area contributed by atoms with E-state index in [-0.39, 0.29) is 37.2 Å². The number of aromatic amines is 1. The second-order valence-electron chi connectivity index (χ2n) is 9.26. The van der Waals surface area contributed by atoms with Crippen molar-refractivity contribution in [3.8, 4) is 11.3 Å². The van der Waals surface area contributed by atoms with Crippen molar-refractivity contribution < 1.29 is 19.5 Å². The number of hydrogen-bond acceptors (Lipinski definition) is 7. The Morgan fingerprint density at radius 3 is 2.76 bits per heavy atom. The van der Waals surface area contributed by atoms with Crippen LogP contribution in [0.4, 0.5) is 5.82 Å². The Balaban J connectivity index is 1.52. The Morgan fingerprint density at radius 1 is 1.21 bits per heavy atom. The Hall–Kier alpha value is -4.15. The Labute approximate surface area is 223 Å². The molecule has 10 heteroatoms. The number of thiazole rings is 1. The van der Waals surface area contributed by atoms with Crippen LogP contribution < -0.4 is 5.32 Å². The van der Waals surface area contributed by atoms with Gasteiger partial charge in [0.05, 0.1) is 29.9 Å². The van der Waals surface area contributed by atoms with Crippen LogP contribution >= 0.6 is 11.3 Å². The number of aliphatic hydroxyl groups is 1. The van der Waals surface area contributed by atoms with Gasteiger partial charge in [0.2, 0.25) is 5.91 Å². The molecular formula is C28H27N5O4S. The molecule has 0 saturated carbocycles. The molecule has 0 aliphatic heterocycles. The summed E-state index contributed by atoms with van der Waals surface area (Å²) in [5.74, 6) is -0.645. The summed E-state index contributed by atoms with van der Waals surface area (Å²) in [6, 6.07) is 13.5. The van der Waals surface area contributed by atoms with Gasteiger partial charge < -0.3 is 20.3 Å². The molecule has 3 heterocycles. The predicted molar refractivity (Wildman–Crippen MR) is 144 cm³/mol. The van der Waals surface area contributed by atoms with E-state index in [1.807, 2.05) is 36.4 Å². The predicted octanol–water partition coefficient (Wildman–Crippen LogP) is 3.57. The number of nitrogens with zero attached hydrogens (tertiary/aromatic N) is 3. The molecular weight excluding hydrogens is 502 g/mol. The van der Waals surface area contributed by atoms with Crippen LogP contribution in [0.15, 0.2) is 60.4 Å². The summed E-state index contributed by atoms with van der Waals surface area (Å²) >= 11 is 1.24. The van der Waals surface area contributed by atoms with Crippen LogP contribution in [0.25, 0.3) is 11.3 Å². The number of ketones is 1. The number of pyridine rings is 1. The molecule has 3 N–H and O–H groups in total.